The van der Waals surface area contributed by atoms with Gasteiger partial charge in [-0.25, -0.2) is 4.79 Å². The number of rotatable bonds is 3. The Labute approximate surface area is 130 Å². The third-order valence-electron chi connectivity index (χ3n) is 4.00. The first kappa shape index (κ1) is 14.8. The Balaban J connectivity index is 2.19. The highest BCUT2D eigenvalue weighted by Gasteiger charge is 2.22. The molecule has 0 radical (unpaired) electrons. The molecular weight excluding hydrogens is 278 g/mol. The fourth-order valence-electron chi connectivity index (χ4n) is 2.94. The Morgan fingerprint density at radius 1 is 1.36 bits per heavy atom. The zero-order valence-corrected chi connectivity index (χ0v) is 13.1. The van der Waals surface area contributed by atoms with Gasteiger partial charge in [0.25, 0.3) is 0 Å². The molecule has 1 fully saturated rings. The van der Waals surface area contributed by atoms with E-state index < -0.39 is 0 Å². The molecule has 0 aliphatic carbocycles. The van der Waals surface area contributed by atoms with Crippen LogP contribution in [0.3, 0.4) is 0 Å². The summed E-state index contributed by atoms with van der Waals surface area (Å²) in [5, 5.41) is 4.37. The molecule has 2 heterocycles. The van der Waals surface area contributed by atoms with E-state index in [-0.39, 0.29) is 5.97 Å². The van der Waals surface area contributed by atoms with Crippen LogP contribution in [0.5, 0.6) is 0 Å². The monoisotopic (exact) mass is 299 g/mol. The molecule has 3 rings (SSSR count). The summed E-state index contributed by atoms with van der Waals surface area (Å²) in [6.45, 7) is 7.81. The maximum atomic E-state index is 12.3. The molecule has 1 aliphatic heterocycles. The van der Waals surface area contributed by atoms with E-state index in [4.69, 9.17) is 4.74 Å². The van der Waals surface area contributed by atoms with E-state index in [1.165, 1.54) is 0 Å². The average molecular weight is 299 g/mol. The number of esters is 1. The highest BCUT2D eigenvalue weighted by Crippen LogP contribution is 2.31. The van der Waals surface area contributed by atoms with Gasteiger partial charge < -0.3 is 15.0 Å². The van der Waals surface area contributed by atoms with Gasteiger partial charge in [0, 0.05) is 37.8 Å². The summed E-state index contributed by atoms with van der Waals surface area (Å²) in [5.41, 5.74) is 3.57. The third kappa shape index (κ3) is 2.64. The predicted octanol–water partition coefficient (Wildman–Crippen LogP) is 2.13. The lowest BCUT2D eigenvalue weighted by Crippen LogP contribution is -2.44. The highest BCUT2D eigenvalue weighted by molar-refractivity contribution is 6.05. The number of nitrogens with zero attached hydrogens (tertiary/aromatic N) is 2. The normalized spacial score (nSPS) is 15.1. The molecule has 1 saturated heterocycles. The smallest absolute Gasteiger partial charge is 0.341 e. The number of carbonyl (C=O) groups is 1. The van der Waals surface area contributed by atoms with Crippen LogP contribution < -0.4 is 10.2 Å². The van der Waals surface area contributed by atoms with Crippen molar-refractivity contribution in [3.05, 3.63) is 35.5 Å². The molecule has 2 aromatic rings. The quantitative estimate of drug-likeness (QED) is 0.880. The van der Waals surface area contributed by atoms with Crippen molar-refractivity contribution in [3.63, 3.8) is 0 Å². The molecule has 1 N–H and O–H groups in total. The van der Waals surface area contributed by atoms with Gasteiger partial charge in [0.15, 0.2) is 0 Å². The van der Waals surface area contributed by atoms with Crippen molar-refractivity contribution in [1.29, 1.82) is 0 Å². The number of ether oxygens (including phenoxy) is 1. The van der Waals surface area contributed by atoms with Gasteiger partial charge in [0.2, 0.25) is 0 Å². The van der Waals surface area contributed by atoms with Gasteiger partial charge >= 0.3 is 5.97 Å². The van der Waals surface area contributed by atoms with Crippen molar-refractivity contribution in [2.45, 2.75) is 13.8 Å². The first-order chi connectivity index (χ1) is 10.7. The van der Waals surface area contributed by atoms with Gasteiger partial charge in [-0.2, -0.15) is 0 Å². The van der Waals surface area contributed by atoms with Crippen LogP contribution >= 0.6 is 0 Å². The number of carbonyl (C=O) groups excluding carboxylic acids is 1. The van der Waals surface area contributed by atoms with E-state index in [2.05, 4.69) is 15.2 Å². The van der Waals surface area contributed by atoms with Gasteiger partial charge in [-0.3, -0.25) is 4.98 Å². The van der Waals surface area contributed by atoms with Crippen LogP contribution in [0.25, 0.3) is 10.9 Å². The summed E-state index contributed by atoms with van der Waals surface area (Å²) < 4.78 is 5.22. The molecule has 0 saturated carbocycles. The minimum Gasteiger partial charge on any atom is -0.462 e. The van der Waals surface area contributed by atoms with Crippen LogP contribution in [-0.4, -0.2) is 43.7 Å². The number of benzene rings is 1. The lowest BCUT2D eigenvalue weighted by molar-refractivity contribution is 0.0526. The van der Waals surface area contributed by atoms with E-state index in [9.17, 15) is 4.79 Å². The molecule has 0 bridgehead atoms. The second-order valence-electron chi connectivity index (χ2n) is 5.45. The molecule has 5 heteroatoms. The Morgan fingerprint density at radius 2 is 2.14 bits per heavy atom. The summed E-state index contributed by atoms with van der Waals surface area (Å²) in [6.07, 6.45) is 1.66. The van der Waals surface area contributed by atoms with Crippen LogP contribution in [0.4, 0.5) is 5.69 Å². The van der Waals surface area contributed by atoms with Crippen LogP contribution in [0.1, 0.15) is 22.8 Å². The van der Waals surface area contributed by atoms with Crippen molar-refractivity contribution in [1.82, 2.24) is 10.3 Å². The third-order valence-corrected chi connectivity index (χ3v) is 4.00. The first-order valence-electron chi connectivity index (χ1n) is 7.73. The van der Waals surface area contributed by atoms with E-state index in [1.54, 1.807) is 6.20 Å². The SMILES string of the molecule is CCOC(=O)c1cnc2c(C)cccc2c1N1CCNCC1. The van der Waals surface area contributed by atoms with Gasteiger partial charge in [0.1, 0.15) is 5.56 Å². The summed E-state index contributed by atoms with van der Waals surface area (Å²) >= 11 is 0. The topological polar surface area (TPSA) is 54.5 Å². The number of hydrogen-bond acceptors (Lipinski definition) is 5. The molecule has 5 nitrogen and oxygen atoms in total. The minimum absolute atomic E-state index is 0.299. The number of hydrogen-bond donors (Lipinski definition) is 1. The number of anilines is 1. The Morgan fingerprint density at radius 3 is 2.86 bits per heavy atom. The fourth-order valence-corrected chi connectivity index (χ4v) is 2.94. The fraction of sp³-hybridized carbons (Fsp3) is 0.412. The Hall–Kier alpha value is -2.14. The van der Waals surface area contributed by atoms with Crippen LogP contribution in [0.2, 0.25) is 0 Å². The summed E-state index contributed by atoms with van der Waals surface area (Å²) in [4.78, 5) is 19.1. The summed E-state index contributed by atoms with van der Waals surface area (Å²) in [7, 11) is 0. The number of aromatic nitrogens is 1. The van der Waals surface area contributed by atoms with Crippen LogP contribution in [-0.2, 0) is 4.74 Å². The van der Waals surface area contributed by atoms with E-state index in [0.29, 0.717) is 12.2 Å². The van der Waals surface area contributed by atoms with Gasteiger partial charge in [-0.1, -0.05) is 18.2 Å². The second-order valence-corrected chi connectivity index (χ2v) is 5.45. The molecule has 116 valence electrons. The maximum absolute atomic E-state index is 12.3. The van der Waals surface area contributed by atoms with Crippen LogP contribution in [0.15, 0.2) is 24.4 Å². The number of pyridine rings is 1. The number of nitrogens with one attached hydrogen (secondary N) is 1. The average Bonchev–Trinajstić information content (AvgIpc) is 2.55. The lowest BCUT2D eigenvalue weighted by atomic mass is 10.0. The minimum atomic E-state index is -0.299. The number of fused-ring (bicyclic) bond motifs is 1. The van der Waals surface area contributed by atoms with Gasteiger partial charge in [0.05, 0.1) is 17.8 Å². The largest absolute Gasteiger partial charge is 0.462 e. The zero-order chi connectivity index (χ0) is 15.5. The molecular formula is C17H21N3O2. The Kier molecular flexibility index (Phi) is 4.24. The van der Waals surface area contributed by atoms with Crippen molar-refractivity contribution < 1.29 is 9.53 Å². The number of piperazine rings is 1. The molecule has 1 aromatic carbocycles. The van der Waals surface area contributed by atoms with E-state index in [0.717, 1.165) is 48.3 Å². The molecule has 22 heavy (non-hydrogen) atoms. The lowest BCUT2D eigenvalue weighted by Gasteiger charge is -2.31. The number of aryl methyl sites for hydroxylation is 1. The molecule has 1 aliphatic rings. The zero-order valence-electron chi connectivity index (χ0n) is 13.1. The summed E-state index contributed by atoms with van der Waals surface area (Å²) in [5.74, 6) is -0.299. The predicted molar refractivity (Wildman–Crippen MR) is 87.5 cm³/mol. The van der Waals surface area contributed by atoms with Crippen molar-refractivity contribution >= 4 is 22.6 Å². The second kappa shape index (κ2) is 6.32. The molecule has 1 aromatic heterocycles. The van der Waals surface area contributed by atoms with Gasteiger partial charge in [-0.05, 0) is 19.4 Å². The first-order valence-corrected chi connectivity index (χ1v) is 7.73. The van der Waals surface area contributed by atoms with Crippen molar-refractivity contribution in [2.75, 3.05) is 37.7 Å². The molecule has 0 amide bonds. The van der Waals surface area contributed by atoms with Crippen molar-refractivity contribution in [2.24, 2.45) is 0 Å². The summed E-state index contributed by atoms with van der Waals surface area (Å²) in [6, 6.07) is 6.09. The van der Waals surface area contributed by atoms with Gasteiger partial charge in [-0.15, -0.1) is 0 Å². The molecule has 0 atom stereocenters. The van der Waals surface area contributed by atoms with E-state index in [1.807, 2.05) is 32.0 Å². The highest BCUT2D eigenvalue weighted by atomic mass is 16.5. The number of para-hydroxylation sites is 1. The maximum Gasteiger partial charge on any atom is 0.341 e. The van der Waals surface area contributed by atoms with E-state index >= 15 is 0 Å². The molecule has 0 spiro atoms. The van der Waals surface area contributed by atoms with Crippen LogP contribution in [0, 0.1) is 6.92 Å². The Bertz CT molecular complexity index is 694. The standard InChI is InChI=1S/C17H21N3O2/c1-3-22-17(21)14-11-19-15-12(2)5-4-6-13(15)16(14)20-9-7-18-8-10-20/h4-6,11,18H,3,7-10H2,1-2H3. The molecule has 0 unspecified atom stereocenters. The van der Waals surface area contributed by atoms with Crippen molar-refractivity contribution in [3.8, 4) is 0 Å².